The second kappa shape index (κ2) is 0.872. The molecule has 0 aromatic heterocycles. The van der Waals surface area contributed by atoms with Crippen molar-refractivity contribution < 1.29 is 0 Å². The molecule has 0 N–H and O–H groups in total. The maximum absolute atomic E-state index is 2.43. The molecule has 2 saturated carbocycles. The highest BCUT2D eigenvalue weighted by Crippen LogP contribution is 2.90. The Balaban J connectivity index is 2.13. The minimum atomic E-state index is 0.821. The summed E-state index contributed by atoms with van der Waals surface area (Å²) in [5, 5.41) is 0. The van der Waals surface area contributed by atoms with Crippen LogP contribution < -0.4 is 0 Å². The molecule has 0 spiro atoms. The monoisotopic (exact) mass is 110 g/mol. The van der Waals surface area contributed by atoms with Crippen LogP contribution in [-0.4, -0.2) is 0 Å². The molecule has 2 aliphatic carbocycles. The summed E-state index contributed by atoms with van der Waals surface area (Å²) in [4.78, 5) is 0. The summed E-state index contributed by atoms with van der Waals surface area (Å²) < 4.78 is 0. The highest BCUT2D eigenvalue weighted by Gasteiger charge is 2.83. The van der Waals surface area contributed by atoms with Crippen LogP contribution in [0, 0.1) is 16.7 Å². The zero-order valence-electron chi connectivity index (χ0n) is 5.99. The number of rotatable bonds is 1. The first-order valence-corrected chi connectivity index (χ1v) is 3.65. The van der Waals surface area contributed by atoms with Crippen molar-refractivity contribution in [2.75, 3.05) is 0 Å². The molecule has 0 nitrogen and oxygen atoms in total. The van der Waals surface area contributed by atoms with Crippen LogP contribution in [0.3, 0.4) is 0 Å². The van der Waals surface area contributed by atoms with Gasteiger partial charge in [-0.2, -0.15) is 0 Å². The summed E-state index contributed by atoms with van der Waals surface area (Å²) in [5.41, 5.74) is 1.64. The Morgan fingerprint density at radius 2 is 1.88 bits per heavy atom. The van der Waals surface area contributed by atoms with Crippen molar-refractivity contribution in [2.24, 2.45) is 16.7 Å². The quantitative estimate of drug-likeness (QED) is 0.486. The second-order valence-electron chi connectivity index (χ2n) is 3.97. The molecule has 2 fully saturated rings. The van der Waals surface area contributed by atoms with Gasteiger partial charge in [0.2, 0.25) is 0 Å². The van der Waals surface area contributed by atoms with E-state index in [9.17, 15) is 0 Å². The fourth-order valence-electron chi connectivity index (χ4n) is 2.81. The van der Waals surface area contributed by atoms with Crippen molar-refractivity contribution >= 4 is 0 Å². The minimum absolute atomic E-state index is 0.821. The van der Waals surface area contributed by atoms with Gasteiger partial charge in [-0.1, -0.05) is 27.2 Å². The zero-order chi connectivity index (χ0) is 5.99. The molecule has 8 heavy (non-hydrogen) atoms. The first-order valence-electron chi connectivity index (χ1n) is 3.65. The Morgan fingerprint density at radius 1 is 1.38 bits per heavy atom. The SMILES string of the molecule is CCC1C2(C)CC12C. The highest BCUT2D eigenvalue weighted by molar-refractivity contribution is 5.31. The lowest BCUT2D eigenvalue weighted by atomic mass is 10.0. The summed E-state index contributed by atoms with van der Waals surface area (Å²) in [7, 11) is 0. The molecular weight excluding hydrogens is 96.1 g/mol. The minimum Gasteiger partial charge on any atom is -0.0651 e. The van der Waals surface area contributed by atoms with E-state index in [0.29, 0.717) is 0 Å². The molecule has 0 saturated heterocycles. The molecule has 2 unspecified atom stereocenters. The van der Waals surface area contributed by atoms with Crippen molar-refractivity contribution in [2.45, 2.75) is 33.6 Å². The van der Waals surface area contributed by atoms with Crippen LogP contribution in [0.5, 0.6) is 0 Å². The third-order valence-electron chi connectivity index (χ3n) is 3.78. The smallest absolute Gasteiger partial charge is 0.0230 e. The van der Waals surface area contributed by atoms with Crippen molar-refractivity contribution in [3.8, 4) is 0 Å². The molecule has 46 valence electrons. The van der Waals surface area contributed by atoms with E-state index in [-0.39, 0.29) is 0 Å². The van der Waals surface area contributed by atoms with Crippen molar-refractivity contribution in [1.29, 1.82) is 0 Å². The van der Waals surface area contributed by atoms with E-state index < -0.39 is 0 Å². The zero-order valence-corrected chi connectivity index (χ0v) is 5.99. The topological polar surface area (TPSA) is 0 Å². The summed E-state index contributed by atoms with van der Waals surface area (Å²) in [6, 6.07) is 0. The van der Waals surface area contributed by atoms with Gasteiger partial charge in [-0.05, 0) is 23.2 Å². The fraction of sp³-hybridized carbons (Fsp3) is 1.00. The van der Waals surface area contributed by atoms with Gasteiger partial charge in [0.15, 0.2) is 0 Å². The summed E-state index contributed by atoms with van der Waals surface area (Å²) >= 11 is 0. The summed E-state index contributed by atoms with van der Waals surface area (Å²) in [5.74, 6) is 1.09. The fourth-order valence-corrected chi connectivity index (χ4v) is 2.81. The van der Waals surface area contributed by atoms with Gasteiger partial charge in [0.25, 0.3) is 0 Å². The van der Waals surface area contributed by atoms with Crippen LogP contribution in [0.1, 0.15) is 33.6 Å². The van der Waals surface area contributed by atoms with Crippen LogP contribution >= 0.6 is 0 Å². The Kier molecular flexibility index (Phi) is 0.527. The number of hydrogen-bond acceptors (Lipinski definition) is 0. The average molecular weight is 110 g/mol. The Hall–Kier alpha value is 0. The average Bonchev–Trinajstić information content (AvgIpc) is 2.26. The van der Waals surface area contributed by atoms with Crippen molar-refractivity contribution in [3.63, 3.8) is 0 Å². The van der Waals surface area contributed by atoms with Crippen molar-refractivity contribution in [1.82, 2.24) is 0 Å². The summed E-state index contributed by atoms with van der Waals surface area (Å²) in [6.45, 7) is 7.18. The van der Waals surface area contributed by atoms with E-state index >= 15 is 0 Å². The maximum Gasteiger partial charge on any atom is -0.0230 e. The van der Waals surface area contributed by atoms with E-state index in [2.05, 4.69) is 20.8 Å². The van der Waals surface area contributed by atoms with Crippen LogP contribution in [-0.2, 0) is 0 Å². The Morgan fingerprint density at radius 3 is 1.88 bits per heavy atom. The lowest BCUT2D eigenvalue weighted by molar-refractivity contribution is 0.461. The van der Waals surface area contributed by atoms with Gasteiger partial charge >= 0.3 is 0 Å². The molecule has 0 radical (unpaired) electrons. The van der Waals surface area contributed by atoms with Gasteiger partial charge < -0.3 is 0 Å². The maximum atomic E-state index is 2.43. The number of hydrogen-bond donors (Lipinski definition) is 0. The molecule has 0 heterocycles. The third-order valence-corrected chi connectivity index (χ3v) is 3.78. The second-order valence-corrected chi connectivity index (χ2v) is 3.97. The standard InChI is InChI=1S/C8H14/c1-4-6-7(2)5-8(6,7)3/h6H,4-5H2,1-3H3. The van der Waals surface area contributed by atoms with Gasteiger partial charge in [-0.25, -0.2) is 0 Å². The predicted octanol–water partition coefficient (Wildman–Crippen LogP) is 2.44. The Labute approximate surface area is 51.3 Å². The third kappa shape index (κ3) is 0.240. The molecule has 0 aromatic rings. The molecule has 0 amide bonds. The van der Waals surface area contributed by atoms with Gasteiger partial charge in [-0.3, -0.25) is 0 Å². The lowest BCUT2D eigenvalue weighted by Crippen LogP contribution is -1.94. The van der Waals surface area contributed by atoms with Crippen LogP contribution in [0.25, 0.3) is 0 Å². The first-order chi connectivity index (χ1) is 3.65. The van der Waals surface area contributed by atoms with Crippen molar-refractivity contribution in [3.05, 3.63) is 0 Å². The molecule has 0 bridgehead atoms. The predicted molar refractivity (Wildman–Crippen MR) is 34.6 cm³/mol. The molecular formula is C8H14. The normalized spacial score (nSPS) is 67.1. The Bertz CT molecular complexity index is 125. The van der Waals surface area contributed by atoms with E-state index in [1.807, 2.05) is 0 Å². The lowest BCUT2D eigenvalue weighted by Gasteiger charge is -2.03. The van der Waals surface area contributed by atoms with Gasteiger partial charge in [0.1, 0.15) is 0 Å². The first kappa shape index (κ1) is 4.84. The van der Waals surface area contributed by atoms with Gasteiger partial charge in [-0.15, -0.1) is 0 Å². The summed E-state index contributed by atoms with van der Waals surface area (Å²) in [6.07, 6.45) is 2.92. The molecule has 0 aliphatic heterocycles. The van der Waals surface area contributed by atoms with E-state index in [1.165, 1.54) is 12.8 Å². The van der Waals surface area contributed by atoms with Crippen LogP contribution in [0.2, 0.25) is 0 Å². The van der Waals surface area contributed by atoms with E-state index in [1.54, 1.807) is 0 Å². The van der Waals surface area contributed by atoms with Crippen LogP contribution in [0.4, 0.5) is 0 Å². The highest BCUT2D eigenvalue weighted by atomic mass is 14.9. The van der Waals surface area contributed by atoms with Crippen LogP contribution in [0.15, 0.2) is 0 Å². The molecule has 0 heteroatoms. The van der Waals surface area contributed by atoms with Gasteiger partial charge in [0, 0.05) is 0 Å². The van der Waals surface area contributed by atoms with Gasteiger partial charge in [0.05, 0.1) is 0 Å². The van der Waals surface area contributed by atoms with E-state index in [0.717, 1.165) is 16.7 Å². The molecule has 2 atom stereocenters. The number of fused-ring (bicyclic) bond motifs is 1. The van der Waals surface area contributed by atoms with E-state index in [4.69, 9.17) is 0 Å². The largest absolute Gasteiger partial charge is 0.0651 e. The molecule has 0 aromatic carbocycles. The molecule has 2 rings (SSSR count). The molecule has 2 aliphatic rings.